The third kappa shape index (κ3) is 1.54. The first-order valence-electron chi connectivity index (χ1n) is 2.74. The molecule has 0 radical (unpaired) electrons. The normalized spacial score (nSPS) is 19.4. The molecule has 1 heterocycles. The lowest BCUT2D eigenvalue weighted by atomic mass is 9.81. The van der Waals surface area contributed by atoms with Crippen molar-refractivity contribution in [2.75, 3.05) is 0 Å². The number of rotatable bonds is 1. The number of hydrogen-bond acceptors (Lipinski definition) is 3. The molecule has 8 heavy (non-hydrogen) atoms. The summed E-state index contributed by atoms with van der Waals surface area (Å²) in [6.07, 6.45) is 0.892. The van der Waals surface area contributed by atoms with Crippen molar-refractivity contribution in [3.63, 3.8) is 0 Å². The van der Waals surface area contributed by atoms with Crippen molar-refractivity contribution in [3.05, 3.63) is 0 Å². The van der Waals surface area contributed by atoms with Crippen molar-refractivity contribution < 1.29 is 13.7 Å². The van der Waals surface area contributed by atoms with Crippen molar-refractivity contribution in [3.8, 4) is 0 Å². The zero-order valence-corrected chi connectivity index (χ0v) is 4.92. The van der Waals surface area contributed by atoms with E-state index in [1.807, 2.05) is 6.92 Å². The van der Waals surface area contributed by atoms with Crippen molar-refractivity contribution >= 4 is 22.5 Å². The van der Waals surface area contributed by atoms with Gasteiger partial charge < -0.3 is 13.7 Å². The highest BCUT2D eigenvalue weighted by molar-refractivity contribution is 6.61. The van der Waals surface area contributed by atoms with Crippen LogP contribution in [-0.2, 0) is 13.7 Å². The molecule has 1 aliphatic heterocycles. The maximum Gasteiger partial charge on any atom is 0.428 e. The van der Waals surface area contributed by atoms with Gasteiger partial charge in [-0.1, -0.05) is 6.92 Å². The molecule has 0 aromatic rings. The van der Waals surface area contributed by atoms with Crippen LogP contribution in [0.2, 0.25) is 6.32 Å². The van der Waals surface area contributed by atoms with Crippen molar-refractivity contribution in [1.29, 1.82) is 0 Å². The van der Waals surface area contributed by atoms with Gasteiger partial charge in [0.1, 0.15) is 0 Å². The SMILES string of the molecule is CCB1OBOBO1. The van der Waals surface area contributed by atoms with Gasteiger partial charge in [0.2, 0.25) is 0 Å². The second-order valence-electron chi connectivity index (χ2n) is 1.61. The molecule has 0 atom stereocenters. The van der Waals surface area contributed by atoms with Gasteiger partial charge in [-0.15, -0.1) is 0 Å². The predicted octanol–water partition coefficient (Wildman–Crippen LogP) is -0.909. The van der Waals surface area contributed by atoms with Crippen molar-refractivity contribution in [2.24, 2.45) is 0 Å². The van der Waals surface area contributed by atoms with Gasteiger partial charge in [0.25, 0.3) is 0 Å². The highest BCUT2D eigenvalue weighted by Gasteiger charge is 2.19. The standard InChI is InChI=1S/C2H7B3O3/c1-2-5-7-3-6-4-8-5/h3-4H,2H2,1H3. The second-order valence-corrected chi connectivity index (χ2v) is 1.61. The Hall–Kier alpha value is 0.0748. The molecule has 3 nitrogen and oxygen atoms in total. The summed E-state index contributed by atoms with van der Waals surface area (Å²) < 4.78 is 14.7. The van der Waals surface area contributed by atoms with Gasteiger partial charge in [-0.05, 0) is 6.32 Å². The fourth-order valence-electron chi connectivity index (χ4n) is 0.566. The average Bonchev–Trinajstić information content (AvgIpc) is 1.90. The van der Waals surface area contributed by atoms with E-state index in [9.17, 15) is 0 Å². The molecule has 0 spiro atoms. The molecule has 0 unspecified atom stereocenters. The first-order valence-corrected chi connectivity index (χ1v) is 2.74. The van der Waals surface area contributed by atoms with Crippen molar-refractivity contribution in [1.82, 2.24) is 0 Å². The monoisotopic (exact) mass is 112 g/mol. The first kappa shape index (κ1) is 6.20. The molecule has 0 aromatic heterocycles. The van der Waals surface area contributed by atoms with Crippen LogP contribution in [0.25, 0.3) is 0 Å². The van der Waals surface area contributed by atoms with E-state index in [1.165, 1.54) is 0 Å². The quantitative estimate of drug-likeness (QED) is 0.410. The number of hydrogen-bond donors (Lipinski definition) is 0. The Morgan fingerprint density at radius 3 is 2.38 bits per heavy atom. The van der Waals surface area contributed by atoms with Crippen molar-refractivity contribution in [2.45, 2.75) is 13.2 Å². The minimum atomic E-state index is -0.0382. The molecule has 1 rings (SSSR count). The van der Waals surface area contributed by atoms with Crippen LogP contribution >= 0.6 is 0 Å². The van der Waals surface area contributed by atoms with Crippen LogP contribution in [0, 0.1) is 0 Å². The molecule has 1 fully saturated rings. The van der Waals surface area contributed by atoms with E-state index < -0.39 is 0 Å². The Balaban J connectivity index is 2.13. The molecular weight excluding hydrogens is 104 g/mol. The Bertz CT molecular complexity index is 63.5. The highest BCUT2D eigenvalue weighted by Crippen LogP contribution is 1.98. The Morgan fingerprint density at radius 1 is 1.38 bits per heavy atom. The van der Waals surface area contributed by atoms with E-state index in [2.05, 4.69) is 0 Å². The average molecular weight is 112 g/mol. The summed E-state index contributed by atoms with van der Waals surface area (Å²) in [7, 11) is 0.709. The molecule has 0 aromatic carbocycles. The third-order valence-electron chi connectivity index (χ3n) is 1.01. The maximum atomic E-state index is 4.98. The first-order chi connectivity index (χ1) is 3.93. The maximum absolute atomic E-state index is 4.98. The smallest absolute Gasteiger partial charge is 0.428 e. The van der Waals surface area contributed by atoms with Crippen LogP contribution in [0.4, 0.5) is 0 Å². The molecule has 6 heteroatoms. The van der Waals surface area contributed by atoms with E-state index >= 15 is 0 Å². The van der Waals surface area contributed by atoms with Gasteiger partial charge in [0.05, 0.1) is 0 Å². The molecule has 0 N–H and O–H groups in total. The van der Waals surface area contributed by atoms with Crippen LogP contribution in [0.5, 0.6) is 0 Å². The summed E-state index contributed by atoms with van der Waals surface area (Å²) in [5.41, 5.74) is 0. The van der Waals surface area contributed by atoms with Gasteiger partial charge in [0.15, 0.2) is 0 Å². The van der Waals surface area contributed by atoms with E-state index in [1.54, 1.807) is 0 Å². The fourth-order valence-corrected chi connectivity index (χ4v) is 0.566. The Kier molecular flexibility index (Phi) is 2.46. The van der Waals surface area contributed by atoms with E-state index in [0.717, 1.165) is 6.32 Å². The summed E-state index contributed by atoms with van der Waals surface area (Å²) in [6, 6.07) is 0. The molecule has 0 amide bonds. The largest absolute Gasteiger partial charge is 0.458 e. The fraction of sp³-hybridized carbons (Fsp3) is 1.00. The lowest BCUT2D eigenvalue weighted by molar-refractivity contribution is 0.323. The minimum absolute atomic E-state index is 0.0382. The topological polar surface area (TPSA) is 27.7 Å². The summed E-state index contributed by atoms with van der Waals surface area (Å²) in [5, 5.41) is 0. The van der Waals surface area contributed by atoms with E-state index in [0.29, 0.717) is 15.4 Å². The molecule has 0 bridgehead atoms. The molecule has 1 saturated heterocycles. The van der Waals surface area contributed by atoms with Crippen LogP contribution in [0.15, 0.2) is 0 Å². The van der Waals surface area contributed by atoms with E-state index in [-0.39, 0.29) is 7.12 Å². The highest BCUT2D eigenvalue weighted by atomic mass is 16.7. The summed E-state index contributed by atoms with van der Waals surface area (Å²) in [4.78, 5) is 0. The van der Waals surface area contributed by atoms with Crippen LogP contribution in [-0.4, -0.2) is 22.5 Å². The Labute approximate surface area is 50.4 Å². The van der Waals surface area contributed by atoms with Crippen LogP contribution in [0.1, 0.15) is 6.92 Å². The molecule has 0 saturated carbocycles. The van der Waals surface area contributed by atoms with Crippen LogP contribution < -0.4 is 0 Å². The summed E-state index contributed by atoms with van der Waals surface area (Å²) in [6.45, 7) is 2.01. The van der Waals surface area contributed by atoms with Gasteiger partial charge in [-0.3, -0.25) is 0 Å². The van der Waals surface area contributed by atoms with Gasteiger partial charge >= 0.3 is 22.5 Å². The third-order valence-corrected chi connectivity index (χ3v) is 1.01. The Morgan fingerprint density at radius 2 is 2.00 bits per heavy atom. The zero-order valence-electron chi connectivity index (χ0n) is 4.92. The van der Waals surface area contributed by atoms with Gasteiger partial charge in [-0.2, -0.15) is 0 Å². The second kappa shape index (κ2) is 3.17. The molecule has 1 aliphatic rings. The predicted molar refractivity (Wildman–Crippen MR) is 33.8 cm³/mol. The minimum Gasteiger partial charge on any atom is -0.458 e. The molecule has 0 aliphatic carbocycles. The molecule has 42 valence electrons. The summed E-state index contributed by atoms with van der Waals surface area (Å²) >= 11 is 0. The summed E-state index contributed by atoms with van der Waals surface area (Å²) in [5.74, 6) is 0. The lowest BCUT2D eigenvalue weighted by Gasteiger charge is -2.17. The zero-order chi connectivity index (χ0) is 5.82. The van der Waals surface area contributed by atoms with Gasteiger partial charge in [-0.25, -0.2) is 0 Å². The van der Waals surface area contributed by atoms with Gasteiger partial charge in [0, 0.05) is 0 Å². The lowest BCUT2D eigenvalue weighted by Crippen LogP contribution is -2.34. The van der Waals surface area contributed by atoms with Crippen LogP contribution in [0.3, 0.4) is 0 Å². The molecular formula is C2H7B3O3. The van der Waals surface area contributed by atoms with E-state index in [4.69, 9.17) is 13.7 Å².